The lowest BCUT2D eigenvalue weighted by atomic mass is 10.2. The molecular weight excluding hydrogens is 414 g/mol. The molecule has 0 spiro atoms. The zero-order valence-electron chi connectivity index (χ0n) is 15.7. The van der Waals surface area contributed by atoms with Gasteiger partial charge in [0.05, 0.1) is 5.56 Å². The van der Waals surface area contributed by atoms with Crippen LogP contribution in [0.5, 0.6) is 17.2 Å². The van der Waals surface area contributed by atoms with Crippen LogP contribution < -0.4 is 14.6 Å². The van der Waals surface area contributed by atoms with Crippen molar-refractivity contribution in [3.05, 3.63) is 54.1 Å². The van der Waals surface area contributed by atoms with Crippen molar-refractivity contribution in [2.24, 2.45) is 0 Å². The first-order chi connectivity index (χ1) is 13.6. The number of alkyl halides is 3. The molecule has 7 nitrogen and oxygen atoms in total. The van der Waals surface area contributed by atoms with Crippen LogP contribution in [0.1, 0.15) is 12.5 Å². The van der Waals surface area contributed by atoms with Crippen LogP contribution in [0.15, 0.2) is 48.5 Å². The lowest BCUT2D eigenvalue weighted by Gasteiger charge is -2.18. The number of halogens is 3. The first-order valence-electron chi connectivity index (χ1n) is 8.22. The van der Waals surface area contributed by atoms with Crippen molar-refractivity contribution >= 4 is 13.7 Å². The smallest absolute Gasteiger partial charge is 0.434 e. The maximum Gasteiger partial charge on any atom is 0.434 e. The van der Waals surface area contributed by atoms with E-state index in [1.54, 1.807) is 0 Å². The molecule has 1 unspecified atom stereocenters. The van der Waals surface area contributed by atoms with E-state index in [1.165, 1.54) is 43.3 Å². The fraction of sp³-hybridized carbons (Fsp3) is 0.278. The van der Waals surface area contributed by atoms with Crippen LogP contribution in [-0.4, -0.2) is 26.2 Å². The predicted molar refractivity (Wildman–Crippen MR) is 97.8 cm³/mol. The molecule has 0 heterocycles. The van der Waals surface area contributed by atoms with Crippen molar-refractivity contribution in [3.63, 3.8) is 0 Å². The summed E-state index contributed by atoms with van der Waals surface area (Å²) >= 11 is 0. The van der Waals surface area contributed by atoms with Crippen molar-refractivity contribution in [3.8, 4) is 17.2 Å². The molecule has 29 heavy (non-hydrogen) atoms. The van der Waals surface area contributed by atoms with Crippen LogP contribution in [0, 0.1) is 0 Å². The lowest BCUT2D eigenvalue weighted by molar-refractivity contribution is -0.137. The molecule has 0 aromatic heterocycles. The Morgan fingerprint density at radius 1 is 0.931 bits per heavy atom. The fourth-order valence-electron chi connectivity index (χ4n) is 2.08. The summed E-state index contributed by atoms with van der Waals surface area (Å²) in [6.45, 7) is 1.44. The van der Waals surface area contributed by atoms with Gasteiger partial charge in [-0.15, -0.1) is 0 Å². The predicted octanol–water partition coefficient (Wildman–Crippen LogP) is 4.78. The highest BCUT2D eigenvalue weighted by Crippen LogP contribution is 2.41. The van der Waals surface area contributed by atoms with Gasteiger partial charge in [-0.05, 0) is 55.5 Å². The summed E-state index contributed by atoms with van der Waals surface area (Å²) in [6.07, 6.45) is -5.42. The number of carbonyl (C=O) groups is 1. The van der Waals surface area contributed by atoms with E-state index < -0.39 is 31.5 Å². The average molecular weight is 433 g/mol. The van der Waals surface area contributed by atoms with E-state index in [9.17, 15) is 22.5 Å². The van der Waals surface area contributed by atoms with Crippen LogP contribution in [0.3, 0.4) is 0 Å². The Labute approximate surface area is 165 Å². The second-order valence-corrected chi connectivity index (χ2v) is 7.64. The third kappa shape index (κ3) is 6.49. The van der Waals surface area contributed by atoms with Gasteiger partial charge in [-0.1, -0.05) is 0 Å². The number of hydrogen-bond acceptors (Lipinski definition) is 6. The van der Waals surface area contributed by atoms with Crippen molar-refractivity contribution < 1.29 is 41.1 Å². The fourth-order valence-corrected chi connectivity index (χ4v) is 2.87. The summed E-state index contributed by atoms with van der Waals surface area (Å²) in [6, 6.07) is 10.3. The molecule has 1 N–H and O–H groups in total. The van der Waals surface area contributed by atoms with E-state index in [-0.39, 0.29) is 5.75 Å². The van der Waals surface area contributed by atoms with E-state index in [2.05, 4.69) is 14.1 Å². The molecule has 2 aromatic rings. The number of nitrogens with one attached hydrogen (secondary N) is 1. The molecule has 0 aliphatic heterocycles. The average Bonchev–Trinajstić information content (AvgIpc) is 2.69. The Hall–Kier alpha value is -2.55. The van der Waals surface area contributed by atoms with Crippen molar-refractivity contribution in [1.82, 2.24) is 5.09 Å². The summed E-state index contributed by atoms with van der Waals surface area (Å²) in [5, 5.41) is 2.11. The van der Waals surface area contributed by atoms with Gasteiger partial charge in [-0.3, -0.25) is 18.9 Å². The van der Waals surface area contributed by atoms with Crippen LogP contribution in [0.4, 0.5) is 13.2 Å². The molecule has 1 atom stereocenters. The van der Waals surface area contributed by atoms with Gasteiger partial charge in [-0.2, -0.15) is 13.2 Å². The van der Waals surface area contributed by atoms with Crippen LogP contribution in [-0.2, 0) is 24.6 Å². The Bertz CT molecular complexity index is 863. The highest BCUT2D eigenvalue weighted by atomic mass is 31.2. The number of carbonyl (C=O) groups excluding carboxylic acids is 1. The molecule has 0 saturated heterocycles. The van der Waals surface area contributed by atoms with Gasteiger partial charge in [0, 0.05) is 14.2 Å². The molecule has 0 fully saturated rings. The number of amides is 1. The van der Waals surface area contributed by atoms with Gasteiger partial charge >= 0.3 is 13.9 Å². The molecule has 0 aliphatic carbocycles. The highest BCUT2D eigenvalue weighted by molar-refractivity contribution is 7.52. The van der Waals surface area contributed by atoms with E-state index in [1.807, 2.05) is 0 Å². The van der Waals surface area contributed by atoms with E-state index in [0.29, 0.717) is 11.5 Å². The monoisotopic (exact) mass is 433 g/mol. The normalized spacial score (nSPS) is 12.9. The van der Waals surface area contributed by atoms with Gasteiger partial charge < -0.3 is 9.47 Å². The van der Waals surface area contributed by atoms with E-state index in [4.69, 9.17) is 9.47 Å². The largest absolute Gasteiger partial charge is 0.481 e. The Morgan fingerprint density at radius 2 is 1.38 bits per heavy atom. The summed E-state index contributed by atoms with van der Waals surface area (Å²) in [5.41, 5.74) is -0.771. The summed E-state index contributed by atoms with van der Waals surface area (Å²) in [5.74, 6) is 0.200. The maximum atomic E-state index is 12.6. The van der Waals surface area contributed by atoms with Crippen molar-refractivity contribution in [1.29, 1.82) is 0 Å². The van der Waals surface area contributed by atoms with E-state index >= 15 is 0 Å². The zero-order chi connectivity index (χ0) is 21.7. The van der Waals surface area contributed by atoms with Gasteiger partial charge in [0.1, 0.15) is 17.2 Å². The van der Waals surface area contributed by atoms with Gasteiger partial charge in [0.2, 0.25) is 0 Å². The molecule has 2 rings (SSSR count). The molecule has 0 radical (unpaired) electrons. The standard InChI is InChI=1S/C18H19F3NO6P/c1-12(17(23)22-29(24,25-2)26-3)27-14-8-10-16(11-9-14)28-15-6-4-13(5-7-15)18(19,20)21/h4-12H,1-3H3,(H,22,23,24). The number of rotatable bonds is 8. The van der Waals surface area contributed by atoms with Crippen LogP contribution >= 0.6 is 7.75 Å². The number of hydrogen-bond donors (Lipinski definition) is 1. The van der Waals surface area contributed by atoms with Crippen molar-refractivity contribution in [2.75, 3.05) is 14.2 Å². The Morgan fingerprint density at radius 3 is 1.83 bits per heavy atom. The third-order valence-corrected chi connectivity index (χ3v) is 5.11. The minimum atomic E-state index is -4.42. The summed E-state index contributed by atoms with van der Waals surface area (Å²) in [4.78, 5) is 12.0. The molecule has 0 saturated carbocycles. The first kappa shape index (κ1) is 22.7. The molecule has 11 heteroatoms. The molecule has 1 amide bonds. The van der Waals surface area contributed by atoms with Crippen molar-refractivity contribution in [2.45, 2.75) is 19.2 Å². The molecule has 158 valence electrons. The second kappa shape index (κ2) is 9.30. The minimum Gasteiger partial charge on any atom is -0.481 e. The Kier molecular flexibility index (Phi) is 7.29. The van der Waals surface area contributed by atoms with Gasteiger partial charge in [-0.25, -0.2) is 4.57 Å². The Balaban J connectivity index is 1.96. The minimum absolute atomic E-state index is 0.231. The third-order valence-electron chi connectivity index (χ3n) is 3.65. The number of benzene rings is 2. The first-order valence-corrected chi connectivity index (χ1v) is 9.76. The maximum absolute atomic E-state index is 12.6. The molecular formula is C18H19F3NO6P. The SMILES string of the molecule is COP(=O)(NC(=O)C(C)Oc1ccc(Oc2ccc(C(F)(F)F)cc2)cc1)OC. The topological polar surface area (TPSA) is 83.1 Å². The highest BCUT2D eigenvalue weighted by Gasteiger charge is 2.30. The number of ether oxygens (including phenoxy) is 2. The quantitative estimate of drug-likeness (QED) is 0.604. The van der Waals surface area contributed by atoms with Gasteiger partial charge in [0.25, 0.3) is 5.91 Å². The van der Waals surface area contributed by atoms with Gasteiger partial charge in [0.15, 0.2) is 6.10 Å². The molecule has 0 bridgehead atoms. The summed E-state index contributed by atoms with van der Waals surface area (Å²) < 4.78 is 69.8. The van der Waals surface area contributed by atoms with Crippen LogP contribution in [0.25, 0.3) is 0 Å². The zero-order valence-corrected chi connectivity index (χ0v) is 16.6. The van der Waals surface area contributed by atoms with E-state index in [0.717, 1.165) is 26.4 Å². The summed E-state index contributed by atoms with van der Waals surface area (Å²) in [7, 11) is -1.47. The lowest BCUT2D eigenvalue weighted by Crippen LogP contribution is -2.35. The van der Waals surface area contributed by atoms with Crippen LogP contribution in [0.2, 0.25) is 0 Å². The second-order valence-electron chi connectivity index (χ2n) is 5.69. The molecule has 0 aliphatic rings. The molecule has 2 aromatic carbocycles.